The van der Waals surface area contributed by atoms with Crippen LogP contribution in [0, 0.1) is 6.42 Å². The number of aromatic nitrogens is 3. The highest BCUT2D eigenvalue weighted by Gasteiger charge is 2.17. The minimum Gasteiger partial charge on any atom is -0.360 e. The molecule has 117 valence electrons. The number of rotatable bonds is 3. The zero-order chi connectivity index (χ0) is 15.6. The topological polar surface area (TPSA) is 53.6 Å². The van der Waals surface area contributed by atoms with Crippen molar-refractivity contribution in [2.45, 2.75) is 31.7 Å². The maximum atomic E-state index is 6.36. The summed E-state index contributed by atoms with van der Waals surface area (Å²) in [5, 5.41) is 5.09. The molecule has 1 atom stereocenters. The number of para-hydroxylation sites is 1. The van der Waals surface area contributed by atoms with Crippen LogP contribution in [0.25, 0.3) is 22.2 Å². The van der Waals surface area contributed by atoms with Gasteiger partial charge in [-0.25, -0.2) is 9.97 Å². The Balaban J connectivity index is 1.69. The van der Waals surface area contributed by atoms with Crippen LogP contribution < -0.4 is 5.32 Å². The largest absolute Gasteiger partial charge is 0.360 e. The fourth-order valence-electron chi connectivity index (χ4n) is 3.14. The zero-order valence-corrected chi connectivity index (χ0v) is 13.5. The van der Waals surface area contributed by atoms with Crippen molar-refractivity contribution in [3.05, 3.63) is 48.1 Å². The molecule has 0 bridgehead atoms. The molecular weight excluding hydrogens is 308 g/mol. The van der Waals surface area contributed by atoms with E-state index in [0.717, 1.165) is 35.0 Å². The summed E-state index contributed by atoms with van der Waals surface area (Å²) in [6, 6.07) is 8.49. The second kappa shape index (κ2) is 6.20. The van der Waals surface area contributed by atoms with Crippen molar-refractivity contribution in [3.63, 3.8) is 0 Å². The van der Waals surface area contributed by atoms with Gasteiger partial charge in [0, 0.05) is 28.7 Å². The summed E-state index contributed by atoms with van der Waals surface area (Å²) in [5.41, 5.74) is 2.84. The van der Waals surface area contributed by atoms with Gasteiger partial charge in [0.2, 0.25) is 5.95 Å². The van der Waals surface area contributed by atoms with Crippen molar-refractivity contribution in [1.82, 2.24) is 15.0 Å². The average molecular weight is 326 g/mol. The summed E-state index contributed by atoms with van der Waals surface area (Å²) in [6.45, 7) is 0. The van der Waals surface area contributed by atoms with Gasteiger partial charge >= 0.3 is 0 Å². The molecule has 0 saturated heterocycles. The van der Waals surface area contributed by atoms with Gasteiger partial charge in [-0.2, -0.15) is 0 Å². The maximum Gasteiger partial charge on any atom is 0.223 e. The Morgan fingerprint density at radius 2 is 2.13 bits per heavy atom. The van der Waals surface area contributed by atoms with Crippen LogP contribution in [0.5, 0.6) is 0 Å². The number of nitrogens with one attached hydrogen (secondary N) is 2. The van der Waals surface area contributed by atoms with E-state index < -0.39 is 0 Å². The first-order chi connectivity index (χ1) is 11.3. The quantitative estimate of drug-likeness (QED) is 0.724. The van der Waals surface area contributed by atoms with Gasteiger partial charge in [0.05, 0.1) is 16.9 Å². The number of halogens is 1. The van der Waals surface area contributed by atoms with Crippen molar-refractivity contribution in [1.29, 1.82) is 0 Å². The first-order valence-electron chi connectivity index (χ1n) is 8.00. The van der Waals surface area contributed by atoms with Crippen LogP contribution in [0.1, 0.15) is 25.7 Å². The third-order valence-corrected chi connectivity index (χ3v) is 4.60. The Morgan fingerprint density at radius 1 is 1.22 bits per heavy atom. The SMILES string of the molecule is Clc1cnc(N[C@@H]2[CH]CCCC2)nc1-c1c[nH]c2ccccc12. The molecule has 2 heterocycles. The van der Waals surface area contributed by atoms with E-state index >= 15 is 0 Å². The van der Waals surface area contributed by atoms with Crippen molar-refractivity contribution in [2.24, 2.45) is 0 Å². The van der Waals surface area contributed by atoms with Gasteiger partial charge in [-0.3, -0.25) is 0 Å². The van der Waals surface area contributed by atoms with Crippen LogP contribution >= 0.6 is 11.6 Å². The summed E-state index contributed by atoms with van der Waals surface area (Å²) in [7, 11) is 0. The van der Waals surface area contributed by atoms with Gasteiger partial charge in [0.15, 0.2) is 0 Å². The predicted molar refractivity (Wildman–Crippen MR) is 94.5 cm³/mol. The Kier molecular flexibility index (Phi) is 3.92. The molecule has 2 N–H and O–H groups in total. The van der Waals surface area contributed by atoms with Crippen molar-refractivity contribution < 1.29 is 0 Å². The fourth-order valence-corrected chi connectivity index (χ4v) is 3.33. The molecule has 1 aliphatic carbocycles. The van der Waals surface area contributed by atoms with Gasteiger partial charge in [0.25, 0.3) is 0 Å². The van der Waals surface area contributed by atoms with E-state index in [1.54, 1.807) is 6.20 Å². The highest BCUT2D eigenvalue weighted by Crippen LogP contribution is 2.32. The maximum absolute atomic E-state index is 6.36. The molecule has 2 aromatic heterocycles. The van der Waals surface area contributed by atoms with Crippen LogP contribution in [-0.2, 0) is 0 Å². The molecular formula is C18H18ClN4. The Hall–Kier alpha value is -2.07. The summed E-state index contributed by atoms with van der Waals surface area (Å²) < 4.78 is 0. The first kappa shape index (κ1) is 14.5. The Morgan fingerprint density at radius 3 is 3.00 bits per heavy atom. The van der Waals surface area contributed by atoms with E-state index in [4.69, 9.17) is 11.6 Å². The number of anilines is 1. The molecule has 0 amide bonds. The molecule has 1 fully saturated rings. The van der Waals surface area contributed by atoms with Crippen molar-refractivity contribution in [2.75, 3.05) is 5.32 Å². The smallest absolute Gasteiger partial charge is 0.223 e. The number of hydrogen-bond acceptors (Lipinski definition) is 3. The standard InChI is InChI=1S/C18H18ClN4/c19-15-11-21-18(22-12-6-2-1-3-7-12)23-17(15)14-10-20-16-9-5-4-8-13(14)16/h4-6,8-12,20H,1-3,7H2,(H,21,22,23)/t12-/m1/s1. The molecule has 3 aromatic rings. The number of benzene rings is 1. The Bertz CT molecular complexity index is 821. The molecule has 1 aliphatic rings. The molecule has 4 nitrogen and oxygen atoms in total. The molecule has 1 saturated carbocycles. The molecule has 0 unspecified atom stereocenters. The normalized spacial score (nSPS) is 15.9. The minimum absolute atomic E-state index is 0.348. The summed E-state index contributed by atoms with van der Waals surface area (Å²) in [4.78, 5) is 12.3. The molecule has 1 radical (unpaired) electrons. The van der Waals surface area contributed by atoms with Crippen LogP contribution in [0.2, 0.25) is 5.02 Å². The number of fused-ring (bicyclic) bond motifs is 1. The van der Waals surface area contributed by atoms with Gasteiger partial charge in [0.1, 0.15) is 0 Å². The molecule has 5 heteroatoms. The van der Waals surface area contributed by atoms with E-state index in [2.05, 4.69) is 32.8 Å². The molecule has 4 rings (SSSR count). The van der Waals surface area contributed by atoms with E-state index in [-0.39, 0.29) is 0 Å². The third-order valence-electron chi connectivity index (χ3n) is 4.32. The lowest BCUT2D eigenvalue weighted by molar-refractivity contribution is 0.549. The van der Waals surface area contributed by atoms with E-state index in [1.165, 1.54) is 12.8 Å². The second-order valence-electron chi connectivity index (χ2n) is 5.91. The van der Waals surface area contributed by atoms with Gasteiger partial charge in [-0.15, -0.1) is 0 Å². The molecule has 23 heavy (non-hydrogen) atoms. The number of H-pyrrole nitrogens is 1. The molecule has 1 aromatic carbocycles. The number of nitrogens with zero attached hydrogens (tertiary/aromatic N) is 2. The van der Waals surface area contributed by atoms with Crippen LogP contribution in [-0.4, -0.2) is 21.0 Å². The summed E-state index contributed by atoms with van der Waals surface area (Å²) >= 11 is 6.36. The highest BCUT2D eigenvalue weighted by molar-refractivity contribution is 6.33. The predicted octanol–water partition coefficient (Wildman–Crippen LogP) is 4.84. The van der Waals surface area contributed by atoms with Crippen molar-refractivity contribution in [3.8, 4) is 11.3 Å². The highest BCUT2D eigenvalue weighted by atomic mass is 35.5. The van der Waals surface area contributed by atoms with Gasteiger partial charge in [-0.1, -0.05) is 42.6 Å². The zero-order valence-electron chi connectivity index (χ0n) is 12.7. The minimum atomic E-state index is 0.348. The average Bonchev–Trinajstić information content (AvgIpc) is 3.01. The van der Waals surface area contributed by atoms with E-state index in [9.17, 15) is 0 Å². The molecule has 0 aliphatic heterocycles. The first-order valence-corrected chi connectivity index (χ1v) is 8.38. The van der Waals surface area contributed by atoms with Gasteiger partial charge in [-0.05, 0) is 25.3 Å². The summed E-state index contributed by atoms with van der Waals surface area (Å²) in [5.74, 6) is 0.637. The molecule has 0 spiro atoms. The Labute approximate surface area is 140 Å². The van der Waals surface area contributed by atoms with E-state index in [1.807, 2.05) is 24.4 Å². The lowest BCUT2D eigenvalue weighted by Gasteiger charge is -2.22. The summed E-state index contributed by atoms with van der Waals surface area (Å²) in [6.07, 6.45) is 10.8. The van der Waals surface area contributed by atoms with E-state index in [0.29, 0.717) is 17.0 Å². The van der Waals surface area contributed by atoms with Crippen LogP contribution in [0.15, 0.2) is 36.7 Å². The number of aromatic amines is 1. The fraction of sp³-hybridized carbons (Fsp3) is 0.278. The van der Waals surface area contributed by atoms with Crippen LogP contribution in [0.4, 0.5) is 5.95 Å². The van der Waals surface area contributed by atoms with Crippen LogP contribution in [0.3, 0.4) is 0 Å². The van der Waals surface area contributed by atoms with Crippen molar-refractivity contribution >= 4 is 28.5 Å². The third kappa shape index (κ3) is 2.91. The van der Waals surface area contributed by atoms with Gasteiger partial charge < -0.3 is 10.3 Å². The number of hydrogen-bond donors (Lipinski definition) is 2. The lowest BCUT2D eigenvalue weighted by Crippen LogP contribution is -2.24. The monoisotopic (exact) mass is 325 g/mol. The lowest BCUT2D eigenvalue weighted by atomic mass is 9.96. The second-order valence-corrected chi connectivity index (χ2v) is 6.32.